The molecule has 2 nitrogen and oxygen atoms in total. The van der Waals surface area contributed by atoms with E-state index in [0.717, 1.165) is 24.0 Å². The summed E-state index contributed by atoms with van der Waals surface area (Å²) >= 11 is 0. The molecule has 0 saturated carbocycles. The van der Waals surface area contributed by atoms with Crippen LogP contribution in [0.2, 0.25) is 0 Å². The van der Waals surface area contributed by atoms with E-state index in [9.17, 15) is 8.42 Å². The van der Waals surface area contributed by atoms with Crippen molar-refractivity contribution in [3.8, 4) is 0 Å². The minimum Gasteiger partial charge on any atom is -0.223 e. The summed E-state index contributed by atoms with van der Waals surface area (Å²) in [6.07, 6.45) is 2.45. The molecule has 0 aliphatic carbocycles. The minimum atomic E-state index is -3.27. The molecule has 2 aromatic carbocycles. The van der Waals surface area contributed by atoms with Crippen molar-refractivity contribution in [2.45, 2.75) is 29.4 Å². The molecule has 98 valence electrons. The fourth-order valence-corrected chi connectivity index (χ4v) is 4.89. The van der Waals surface area contributed by atoms with Crippen LogP contribution in [0.3, 0.4) is 0 Å². The molecule has 1 aliphatic heterocycles. The normalized spacial score (nSPS) is 21.4. The van der Waals surface area contributed by atoms with Crippen molar-refractivity contribution in [2.24, 2.45) is 0 Å². The first kappa shape index (κ1) is 12.4. The lowest BCUT2D eigenvalue weighted by Gasteiger charge is -2.16. The van der Waals surface area contributed by atoms with Gasteiger partial charge in [0, 0.05) is 0 Å². The van der Waals surface area contributed by atoms with Gasteiger partial charge in [-0.3, -0.25) is 0 Å². The Balaban J connectivity index is 2.15. The van der Waals surface area contributed by atoms with E-state index in [1.54, 1.807) is 6.07 Å². The monoisotopic (exact) mass is 272 g/mol. The second-order valence-corrected chi connectivity index (χ2v) is 7.04. The molecule has 19 heavy (non-hydrogen) atoms. The first-order chi connectivity index (χ1) is 9.19. The van der Waals surface area contributed by atoms with Crippen molar-refractivity contribution in [1.29, 1.82) is 0 Å². The molecule has 1 heterocycles. The van der Waals surface area contributed by atoms with E-state index in [1.165, 1.54) is 0 Å². The van der Waals surface area contributed by atoms with Crippen LogP contribution in [0, 0.1) is 0 Å². The van der Waals surface area contributed by atoms with E-state index in [0.29, 0.717) is 11.3 Å². The molecule has 0 bridgehead atoms. The van der Waals surface area contributed by atoms with Gasteiger partial charge in [0.25, 0.3) is 0 Å². The standard InChI is InChI=1S/C16H16O2S/c17-19(18)15-11-5-4-9-14(15)10-6-12-16(19)13-7-2-1-3-8-13/h1-5,7-9,11,16H,6,10,12H2. The topological polar surface area (TPSA) is 34.1 Å². The highest BCUT2D eigenvalue weighted by atomic mass is 32.2. The van der Waals surface area contributed by atoms with Crippen LogP contribution in [0.4, 0.5) is 0 Å². The van der Waals surface area contributed by atoms with Gasteiger partial charge < -0.3 is 0 Å². The first-order valence-corrected chi connectivity index (χ1v) is 8.11. The van der Waals surface area contributed by atoms with Gasteiger partial charge in [-0.25, -0.2) is 8.42 Å². The highest BCUT2D eigenvalue weighted by Crippen LogP contribution is 2.37. The number of benzene rings is 2. The Kier molecular flexibility index (Phi) is 3.15. The van der Waals surface area contributed by atoms with Crippen LogP contribution in [0.5, 0.6) is 0 Å². The number of aryl methyl sites for hydroxylation is 1. The molecule has 0 amide bonds. The predicted octanol–water partition coefficient (Wildman–Crippen LogP) is 3.54. The maximum absolute atomic E-state index is 12.8. The predicted molar refractivity (Wildman–Crippen MR) is 75.7 cm³/mol. The highest BCUT2D eigenvalue weighted by molar-refractivity contribution is 7.91. The molecule has 2 aromatic rings. The zero-order valence-electron chi connectivity index (χ0n) is 10.6. The molecule has 0 saturated heterocycles. The average Bonchev–Trinajstić information content (AvgIpc) is 2.57. The van der Waals surface area contributed by atoms with Crippen LogP contribution in [0.1, 0.15) is 29.2 Å². The van der Waals surface area contributed by atoms with Crippen molar-refractivity contribution >= 4 is 9.84 Å². The molecule has 1 unspecified atom stereocenters. The minimum absolute atomic E-state index is 0.405. The number of hydrogen-bond acceptors (Lipinski definition) is 2. The Bertz CT molecular complexity index is 675. The van der Waals surface area contributed by atoms with Gasteiger partial charge in [-0.1, -0.05) is 48.5 Å². The second kappa shape index (κ2) is 4.82. The van der Waals surface area contributed by atoms with E-state index in [2.05, 4.69) is 0 Å². The average molecular weight is 272 g/mol. The van der Waals surface area contributed by atoms with Crippen LogP contribution < -0.4 is 0 Å². The summed E-state index contributed by atoms with van der Waals surface area (Å²) in [6, 6.07) is 16.9. The fraction of sp³-hybridized carbons (Fsp3) is 0.250. The Hall–Kier alpha value is -1.61. The van der Waals surface area contributed by atoms with Gasteiger partial charge in [0.2, 0.25) is 0 Å². The third-order valence-corrected chi connectivity index (χ3v) is 6.01. The summed E-state index contributed by atoms with van der Waals surface area (Å²) in [7, 11) is -3.27. The van der Waals surface area contributed by atoms with Crippen molar-refractivity contribution < 1.29 is 8.42 Å². The molecule has 3 heteroatoms. The van der Waals surface area contributed by atoms with Crippen LogP contribution in [-0.4, -0.2) is 8.42 Å². The Morgan fingerprint density at radius 2 is 1.58 bits per heavy atom. The lowest BCUT2D eigenvalue weighted by Crippen LogP contribution is -2.13. The van der Waals surface area contributed by atoms with Crippen molar-refractivity contribution in [1.82, 2.24) is 0 Å². The maximum atomic E-state index is 12.8. The third kappa shape index (κ3) is 2.19. The summed E-state index contributed by atoms with van der Waals surface area (Å²) < 4.78 is 25.6. The number of sulfone groups is 1. The molecular formula is C16H16O2S. The largest absolute Gasteiger partial charge is 0.223 e. The molecule has 0 aromatic heterocycles. The molecule has 0 radical (unpaired) electrons. The lowest BCUT2D eigenvalue weighted by atomic mass is 10.0. The van der Waals surface area contributed by atoms with Gasteiger partial charge in [0.15, 0.2) is 9.84 Å². The van der Waals surface area contributed by atoms with Gasteiger partial charge in [-0.15, -0.1) is 0 Å². The van der Waals surface area contributed by atoms with E-state index < -0.39 is 15.1 Å². The van der Waals surface area contributed by atoms with Crippen molar-refractivity contribution in [3.63, 3.8) is 0 Å². The Labute approximate surface area is 114 Å². The maximum Gasteiger partial charge on any atom is 0.185 e. The summed E-state index contributed by atoms with van der Waals surface area (Å²) in [6.45, 7) is 0. The summed E-state index contributed by atoms with van der Waals surface area (Å²) in [4.78, 5) is 0.515. The summed E-state index contributed by atoms with van der Waals surface area (Å²) in [5, 5.41) is -0.405. The van der Waals surface area contributed by atoms with Crippen molar-refractivity contribution in [2.75, 3.05) is 0 Å². The highest BCUT2D eigenvalue weighted by Gasteiger charge is 2.32. The molecular weight excluding hydrogens is 256 g/mol. The zero-order valence-corrected chi connectivity index (χ0v) is 11.4. The van der Waals surface area contributed by atoms with Crippen LogP contribution in [0.25, 0.3) is 0 Å². The lowest BCUT2D eigenvalue weighted by molar-refractivity contribution is 0.576. The SMILES string of the molecule is O=S1(=O)c2ccccc2CCCC1c1ccccc1. The van der Waals surface area contributed by atoms with E-state index >= 15 is 0 Å². The quantitative estimate of drug-likeness (QED) is 0.795. The van der Waals surface area contributed by atoms with Gasteiger partial charge >= 0.3 is 0 Å². The third-order valence-electron chi connectivity index (χ3n) is 3.74. The van der Waals surface area contributed by atoms with Crippen LogP contribution in [0.15, 0.2) is 59.5 Å². The van der Waals surface area contributed by atoms with Gasteiger partial charge in [-0.05, 0) is 36.5 Å². The summed E-state index contributed by atoms with van der Waals surface area (Å²) in [5.74, 6) is 0. The van der Waals surface area contributed by atoms with Crippen LogP contribution in [-0.2, 0) is 16.3 Å². The molecule has 0 fully saturated rings. The van der Waals surface area contributed by atoms with Gasteiger partial charge in [-0.2, -0.15) is 0 Å². The van der Waals surface area contributed by atoms with Gasteiger partial charge in [0.1, 0.15) is 0 Å². The van der Waals surface area contributed by atoms with Gasteiger partial charge in [0.05, 0.1) is 10.1 Å². The Morgan fingerprint density at radius 1 is 0.895 bits per heavy atom. The molecule has 0 N–H and O–H groups in total. The van der Waals surface area contributed by atoms with E-state index in [-0.39, 0.29) is 0 Å². The number of fused-ring (bicyclic) bond motifs is 1. The molecule has 3 rings (SSSR count). The van der Waals surface area contributed by atoms with E-state index in [4.69, 9.17) is 0 Å². The van der Waals surface area contributed by atoms with Crippen LogP contribution >= 0.6 is 0 Å². The van der Waals surface area contributed by atoms with E-state index in [1.807, 2.05) is 48.5 Å². The zero-order chi connectivity index (χ0) is 13.3. The first-order valence-electron chi connectivity index (χ1n) is 6.56. The Morgan fingerprint density at radius 3 is 2.37 bits per heavy atom. The molecule has 1 atom stereocenters. The second-order valence-electron chi connectivity index (χ2n) is 4.94. The number of rotatable bonds is 1. The molecule has 0 spiro atoms. The summed E-state index contributed by atoms with van der Waals surface area (Å²) in [5.41, 5.74) is 1.86. The molecule has 1 aliphatic rings. The van der Waals surface area contributed by atoms with Crippen molar-refractivity contribution in [3.05, 3.63) is 65.7 Å². The number of hydrogen-bond donors (Lipinski definition) is 0. The smallest absolute Gasteiger partial charge is 0.185 e. The fourth-order valence-electron chi connectivity index (χ4n) is 2.79.